The molecule has 0 spiro atoms. The van der Waals surface area contributed by atoms with Crippen LogP contribution in [0.4, 0.5) is 0 Å². The van der Waals surface area contributed by atoms with Crippen molar-refractivity contribution < 1.29 is 9.84 Å². The van der Waals surface area contributed by atoms with E-state index < -0.39 is 0 Å². The highest BCUT2D eigenvalue weighted by Crippen LogP contribution is 2.33. The quantitative estimate of drug-likeness (QED) is 0.925. The summed E-state index contributed by atoms with van der Waals surface area (Å²) in [5.41, 5.74) is 2.05. The Morgan fingerprint density at radius 1 is 1.18 bits per heavy atom. The summed E-state index contributed by atoms with van der Waals surface area (Å²) in [6.45, 7) is 2.40. The van der Waals surface area contributed by atoms with Crippen LogP contribution in [0.25, 0.3) is 0 Å². The summed E-state index contributed by atoms with van der Waals surface area (Å²) >= 11 is 3.45. The first kappa shape index (κ1) is 12.0. The van der Waals surface area contributed by atoms with Gasteiger partial charge in [0.2, 0.25) is 0 Å². The zero-order valence-corrected chi connectivity index (χ0v) is 11.1. The number of benzene rings is 2. The zero-order valence-electron chi connectivity index (χ0n) is 9.48. The minimum atomic E-state index is 0.216. The lowest BCUT2D eigenvalue weighted by Gasteiger charge is -2.10. The van der Waals surface area contributed by atoms with Crippen LogP contribution in [0.3, 0.4) is 0 Å². The van der Waals surface area contributed by atoms with Crippen molar-refractivity contribution in [1.29, 1.82) is 0 Å². The summed E-state index contributed by atoms with van der Waals surface area (Å²) in [4.78, 5) is 0. The summed E-state index contributed by atoms with van der Waals surface area (Å²) in [5, 5.41) is 9.51. The Kier molecular flexibility index (Phi) is 3.69. The number of aromatic hydroxyl groups is 1. The van der Waals surface area contributed by atoms with E-state index in [0.29, 0.717) is 12.4 Å². The van der Waals surface area contributed by atoms with Gasteiger partial charge in [-0.25, -0.2) is 0 Å². The lowest BCUT2D eigenvalue weighted by molar-refractivity contribution is 0.302. The van der Waals surface area contributed by atoms with Gasteiger partial charge >= 0.3 is 0 Å². The Hall–Kier alpha value is -1.48. The molecule has 0 bridgehead atoms. The fraction of sp³-hybridized carbons (Fsp3) is 0.143. The SMILES string of the molecule is Cc1cc(O)cc(OCc2ccccc2)c1Br. The Bertz CT molecular complexity index is 509. The molecule has 0 amide bonds. The van der Waals surface area contributed by atoms with Gasteiger partial charge in [0, 0.05) is 6.07 Å². The van der Waals surface area contributed by atoms with E-state index in [-0.39, 0.29) is 5.75 Å². The number of rotatable bonds is 3. The van der Waals surface area contributed by atoms with Gasteiger partial charge in [-0.15, -0.1) is 0 Å². The number of halogens is 1. The van der Waals surface area contributed by atoms with E-state index in [4.69, 9.17) is 4.74 Å². The van der Waals surface area contributed by atoms with Crippen LogP contribution in [0.15, 0.2) is 46.9 Å². The topological polar surface area (TPSA) is 29.5 Å². The Labute approximate surface area is 109 Å². The highest BCUT2D eigenvalue weighted by molar-refractivity contribution is 9.10. The second-order valence-corrected chi connectivity index (χ2v) is 4.64. The Balaban J connectivity index is 2.14. The van der Waals surface area contributed by atoms with Crippen molar-refractivity contribution >= 4 is 15.9 Å². The molecule has 1 N–H and O–H groups in total. The predicted molar refractivity (Wildman–Crippen MR) is 71.3 cm³/mol. The molecule has 0 saturated carbocycles. The molecule has 0 aromatic heterocycles. The molecule has 0 unspecified atom stereocenters. The van der Waals surface area contributed by atoms with Crippen LogP contribution in [-0.4, -0.2) is 5.11 Å². The van der Waals surface area contributed by atoms with E-state index in [1.165, 1.54) is 0 Å². The molecular formula is C14H13BrO2. The smallest absolute Gasteiger partial charge is 0.137 e. The fourth-order valence-corrected chi connectivity index (χ4v) is 1.90. The normalized spacial score (nSPS) is 10.2. The van der Waals surface area contributed by atoms with Crippen LogP contribution in [0.1, 0.15) is 11.1 Å². The standard InChI is InChI=1S/C14H13BrO2/c1-10-7-12(16)8-13(14(10)15)17-9-11-5-3-2-4-6-11/h2-8,16H,9H2,1H3. The minimum absolute atomic E-state index is 0.216. The molecule has 0 fully saturated rings. The molecular weight excluding hydrogens is 280 g/mol. The molecule has 0 aliphatic heterocycles. The van der Waals surface area contributed by atoms with Crippen LogP contribution >= 0.6 is 15.9 Å². The van der Waals surface area contributed by atoms with Crippen molar-refractivity contribution in [3.8, 4) is 11.5 Å². The maximum absolute atomic E-state index is 9.51. The molecule has 17 heavy (non-hydrogen) atoms. The molecule has 0 saturated heterocycles. The number of hydrogen-bond acceptors (Lipinski definition) is 2. The number of phenolic OH excluding ortho intramolecular Hbond substituents is 1. The Morgan fingerprint density at radius 2 is 1.88 bits per heavy atom. The van der Waals surface area contributed by atoms with Crippen molar-refractivity contribution in [3.63, 3.8) is 0 Å². The van der Waals surface area contributed by atoms with Crippen molar-refractivity contribution in [2.24, 2.45) is 0 Å². The number of phenols is 1. The zero-order chi connectivity index (χ0) is 12.3. The largest absolute Gasteiger partial charge is 0.508 e. The third-order valence-electron chi connectivity index (χ3n) is 2.44. The Morgan fingerprint density at radius 3 is 2.59 bits per heavy atom. The average molecular weight is 293 g/mol. The van der Waals surface area contributed by atoms with Gasteiger partial charge in [-0.3, -0.25) is 0 Å². The molecule has 0 aliphatic rings. The van der Waals surface area contributed by atoms with E-state index >= 15 is 0 Å². The van der Waals surface area contributed by atoms with E-state index in [2.05, 4.69) is 15.9 Å². The third kappa shape index (κ3) is 3.01. The molecule has 2 aromatic carbocycles. The monoisotopic (exact) mass is 292 g/mol. The van der Waals surface area contributed by atoms with Gasteiger partial charge in [0.25, 0.3) is 0 Å². The molecule has 0 heterocycles. The van der Waals surface area contributed by atoms with Crippen molar-refractivity contribution in [2.75, 3.05) is 0 Å². The van der Waals surface area contributed by atoms with Gasteiger partial charge in [-0.05, 0) is 40.0 Å². The van der Waals surface area contributed by atoms with Crippen LogP contribution in [-0.2, 0) is 6.61 Å². The van der Waals surface area contributed by atoms with Gasteiger partial charge < -0.3 is 9.84 Å². The fourth-order valence-electron chi connectivity index (χ4n) is 1.56. The van der Waals surface area contributed by atoms with Gasteiger partial charge in [0.15, 0.2) is 0 Å². The van der Waals surface area contributed by atoms with Crippen LogP contribution in [0.2, 0.25) is 0 Å². The summed E-state index contributed by atoms with van der Waals surface area (Å²) < 4.78 is 6.56. The van der Waals surface area contributed by atoms with E-state index in [1.54, 1.807) is 12.1 Å². The molecule has 0 aliphatic carbocycles. The molecule has 2 aromatic rings. The summed E-state index contributed by atoms with van der Waals surface area (Å²) in [6, 6.07) is 13.2. The molecule has 88 valence electrons. The molecule has 2 rings (SSSR count). The summed E-state index contributed by atoms with van der Waals surface area (Å²) in [5.74, 6) is 0.875. The van der Waals surface area contributed by atoms with Crippen molar-refractivity contribution in [2.45, 2.75) is 13.5 Å². The second-order valence-electron chi connectivity index (χ2n) is 3.85. The maximum atomic E-state index is 9.51. The minimum Gasteiger partial charge on any atom is -0.508 e. The van der Waals surface area contributed by atoms with Gasteiger partial charge in [-0.2, -0.15) is 0 Å². The van der Waals surface area contributed by atoms with Crippen molar-refractivity contribution in [3.05, 3.63) is 58.1 Å². The number of aryl methyl sites for hydroxylation is 1. The molecule has 0 atom stereocenters. The third-order valence-corrected chi connectivity index (χ3v) is 3.46. The lowest BCUT2D eigenvalue weighted by atomic mass is 10.2. The second kappa shape index (κ2) is 5.23. The number of hydrogen-bond donors (Lipinski definition) is 1. The first-order chi connectivity index (χ1) is 8.16. The van der Waals surface area contributed by atoms with Gasteiger partial charge in [0.05, 0.1) is 4.47 Å². The average Bonchev–Trinajstić information content (AvgIpc) is 2.33. The highest BCUT2D eigenvalue weighted by Gasteiger charge is 2.06. The first-order valence-electron chi connectivity index (χ1n) is 5.32. The molecule has 2 nitrogen and oxygen atoms in total. The van der Waals surface area contributed by atoms with E-state index in [0.717, 1.165) is 15.6 Å². The maximum Gasteiger partial charge on any atom is 0.137 e. The van der Waals surface area contributed by atoms with Gasteiger partial charge in [-0.1, -0.05) is 30.3 Å². The molecule has 3 heteroatoms. The van der Waals surface area contributed by atoms with Crippen molar-refractivity contribution in [1.82, 2.24) is 0 Å². The predicted octanol–water partition coefficient (Wildman–Crippen LogP) is 4.04. The van der Waals surface area contributed by atoms with Crippen LogP contribution in [0, 0.1) is 6.92 Å². The molecule has 0 radical (unpaired) electrons. The summed E-state index contributed by atoms with van der Waals surface area (Å²) in [6.07, 6.45) is 0. The first-order valence-corrected chi connectivity index (χ1v) is 6.12. The highest BCUT2D eigenvalue weighted by atomic mass is 79.9. The van der Waals surface area contributed by atoms with E-state index in [9.17, 15) is 5.11 Å². The van der Waals surface area contributed by atoms with Gasteiger partial charge in [0.1, 0.15) is 18.1 Å². The lowest BCUT2D eigenvalue weighted by Crippen LogP contribution is -1.96. The summed E-state index contributed by atoms with van der Waals surface area (Å²) in [7, 11) is 0. The van der Waals surface area contributed by atoms with Crippen LogP contribution < -0.4 is 4.74 Å². The number of ether oxygens (including phenoxy) is 1. The van der Waals surface area contributed by atoms with Crippen LogP contribution in [0.5, 0.6) is 11.5 Å². The van der Waals surface area contributed by atoms with E-state index in [1.807, 2.05) is 37.3 Å².